The van der Waals surface area contributed by atoms with Gasteiger partial charge in [0.15, 0.2) is 17.3 Å². The first-order valence-electron chi connectivity index (χ1n) is 7.06. The van der Waals surface area contributed by atoms with Gasteiger partial charge in [-0.05, 0) is 35.9 Å². The number of aliphatic hydroxyl groups excluding tert-OH is 1. The number of ketones is 1. The molecule has 0 aromatic heterocycles. The predicted molar refractivity (Wildman–Crippen MR) is 82.5 cm³/mol. The number of ether oxygens (including phenoxy) is 3. The highest BCUT2D eigenvalue weighted by Gasteiger charge is 2.19. The quantitative estimate of drug-likeness (QED) is 0.830. The monoisotopic (exact) mass is 316 g/mol. The number of benzene rings is 1. The molecule has 0 radical (unpaired) electrons. The molecule has 1 aliphatic heterocycles. The Morgan fingerprint density at radius 3 is 2.96 bits per heavy atom. The van der Waals surface area contributed by atoms with E-state index in [1.54, 1.807) is 18.2 Å². The highest BCUT2D eigenvalue weighted by molar-refractivity contribution is 6.08. The van der Waals surface area contributed by atoms with Crippen LogP contribution in [0, 0.1) is 0 Å². The Hall–Kier alpha value is -2.73. The van der Waals surface area contributed by atoms with E-state index >= 15 is 0 Å². The van der Waals surface area contributed by atoms with Gasteiger partial charge in [0, 0.05) is 19.1 Å². The van der Waals surface area contributed by atoms with Crippen molar-refractivity contribution in [3.8, 4) is 17.2 Å². The van der Waals surface area contributed by atoms with E-state index in [2.05, 4.69) is 0 Å². The molecule has 0 saturated carbocycles. The van der Waals surface area contributed by atoms with Gasteiger partial charge in [0.2, 0.25) is 12.5 Å². The minimum atomic E-state index is -0.318. The number of phenols is 1. The van der Waals surface area contributed by atoms with Crippen LogP contribution in [-0.2, 0) is 9.53 Å². The second-order valence-electron chi connectivity index (χ2n) is 5.21. The molecule has 1 atom stereocenters. The highest BCUT2D eigenvalue weighted by atomic mass is 16.7. The van der Waals surface area contributed by atoms with Crippen LogP contribution in [0.5, 0.6) is 17.2 Å². The zero-order valence-corrected chi connectivity index (χ0v) is 12.5. The molecule has 6 nitrogen and oxygen atoms in total. The van der Waals surface area contributed by atoms with Crippen molar-refractivity contribution in [2.24, 2.45) is 0 Å². The lowest BCUT2D eigenvalue weighted by Crippen LogP contribution is -2.15. The van der Waals surface area contributed by atoms with E-state index in [-0.39, 0.29) is 30.2 Å². The predicted octanol–water partition coefficient (Wildman–Crippen LogP) is 2.49. The fraction of sp³-hybridized carbons (Fsp3) is 0.235. The maximum Gasteiger partial charge on any atom is 0.231 e. The Morgan fingerprint density at radius 1 is 1.35 bits per heavy atom. The molecule has 0 fully saturated rings. The van der Waals surface area contributed by atoms with E-state index in [1.165, 1.54) is 25.3 Å². The van der Waals surface area contributed by atoms with Gasteiger partial charge in [0.05, 0.1) is 11.9 Å². The molecule has 2 aliphatic rings. The molecule has 1 aliphatic carbocycles. The van der Waals surface area contributed by atoms with Gasteiger partial charge in [-0.25, -0.2) is 0 Å². The molecular formula is C17H16O6. The van der Waals surface area contributed by atoms with Crippen LogP contribution in [0.1, 0.15) is 12.0 Å². The summed E-state index contributed by atoms with van der Waals surface area (Å²) in [5.74, 6) is 0.540. The number of allylic oxidation sites excluding steroid dienone is 3. The second-order valence-corrected chi connectivity index (χ2v) is 5.21. The third-order valence-electron chi connectivity index (χ3n) is 3.59. The van der Waals surface area contributed by atoms with Crippen LogP contribution in [-0.4, -0.2) is 36.0 Å². The van der Waals surface area contributed by atoms with Gasteiger partial charge in [-0.2, -0.15) is 0 Å². The minimum absolute atomic E-state index is 0.0408. The summed E-state index contributed by atoms with van der Waals surface area (Å²) in [5.41, 5.74) is 0.967. The zero-order chi connectivity index (χ0) is 16.4. The summed E-state index contributed by atoms with van der Waals surface area (Å²) in [6, 6.07) is 3.16. The third-order valence-corrected chi connectivity index (χ3v) is 3.59. The number of rotatable bonds is 4. The first-order valence-corrected chi connectivity index (χ1v) is 7.06. The maximum atomic E-state index is 12.2. The van der Waals surface area contributed by atoms with E-state index in [4.69, 9.17) is 14.2 Å². The van der Waals surface area contributed by atoms with Gasteiger partial charge < -0.3 is 24.4 Å². The number of carbonyl (C=O) groups is 1. The summed E-state index contributed by atoms with van der Waals surface area (Å²) in [6.07, 6.45) is 6.06. The summed E-state index contributed by atoms with van der Waals surface area (Å²) < 4.78 is 15.5. The van der Waals surface area contributed by atoms with Gasteiger partial charge >= 0.3 is 0 Å². The van der Waals surface area contributed by atoms with Crippen molar-refractivity contribution in [2.75, 3.05) is 13.9 Å². The third kappa shape index (κ3) is 3.22. The van der Waals surface area contributed by atoms with E-state index in [1.807, 2.05) is 0 Å². The molecule has 3 rings (SSSR count). The molecule has 1 unspecified atom stereocenters. The SMILES string of the molecule is COC1C=C(C(=O)/C=C/c2cc(O)c3c(c2)OCO3)C=C(O)C1. The molecule has 0 spiro atoms. The lowest BCUT2D eigenvalue weighted by molar-refractivity contribution is -0.111. The Morgan fingerprint density at radius 2 is 2.17 bits per heavy atom. The normalized spacial score (nSPS) is 19.6. The van der Waals surface area contributed by atoms with Crippen LogP contribution in [0.15, 0.2) is 41.7 Å². The molecule has 1 aromatic carbocycles. The van der Waals surface area contributed by atoms with Crippen molar-refractivity contribution in [3.05, 3.63) is 47.3 Å². The Kier molecular flexibility index (Phi) is 4.08. The van der Waals surface area contributed by atoms with Crippen LogP contribution in [0.4, 0.5) is 0 Å². The van der Waals surface area contributed by atoms with Gasteiger partial charge in [0.1, 0.15) is 0 Å². The van der Waals surface area contributed by atoms with Crippen LogP contribution >= 0.6 is 0 Å². The van der Waals surface area contributed by atoms with E-state index in [9.17, 15) is 15.0 Å². The van der Waals surface area contributed by atoms with Crippen molar-refractivity contribution < 1.29 is 29.2 Å². The summed E-state index contributed by atoms with van der Waals surface area (Å²) >= 11 is 0. The molecule has 23 heavy (non-hydrogen) atoms. The smallest absolute Gasteiger partial charge is 0.231 e. The van der Waals surface area contributed by atoms with Gasteiger partial charge in [-0.15, -0.1) is 0 Å². The number of carbonyl (C=O) groups excluding carboxylic acids is 1. The number of aromatic hydroxyl groups is 1. The Bertz CT molecular complexity index is 729. The molecule has 2 N–H and O–H groups in total. The topological polar surface area (TPSA) is 85.2 Å². The van der Waals surface area contributed by atoms with Crippen molar-refractivity contribution in [1.82, 2.24) is 0 Å². The molecule has 0 saturated heterocycles. The number of methoxy groups -OCH3 is 1. The van der Waals surface area contributed by atoms with E-state index in [0.29, 0.717) is 29.1 Å². The van der Waals surface area contributed by atoms with E-state index in [0.717, 1.165) is 0 Å². The summed E-state index contributed by atoms with van der Waals surface area (Å²) in [7, 11) is 1.52. The molecule has 120 valence electrons. The molecule has 6 heteroatoms. The largest absolute Gasteiger partial charge is 0.512 e. The first kappa shape index (κ1) is 15.2. The van der Waals surface area contributed by atoms with Crippen LogP contribution in [0.25, 0.3) is 6.08 Å². The van der Waals surface area contributed by atoms with Gasteiger partial charge in [0.25, 0.3) is 0 Å². The summed E-state index contributed by atoms with van der Waals surface area (Å²) in [4.78, 5) is 12.2. The number of hydrogen-bond acceptors (Lipinski definition) is 6. The van der Waals surface area contributed by atoms with Crippen LogP contribution < -0.4 is 9.47 Å². The number of aliphatic hydroxyl groups is 1. The van der Waals surface area contributed by atoms with Crippen LogP contribution in [0.3, 0.4) is 0 Å². The Labute approximate surface area is 132 Å². The fourth-order valence-electron chi connectivity index (χ4n) is 2.43. The molecule has 0 bridgehead atoms. The minimum Gasteiger partial charge on any atom is -0.512 e. The second kappa shape index (κ2) is 6.18. The number of fused-ring (bicyclic) bond motifs is 1. The molecule has 0 amide bonds. The molecule has 1 aromatic rings. The van der Waals surface area contributed by atoms with Crippen molar-refractivity contribution in [3.63, 3.8) is 0 Å². The van der Waals surface area contributed by atoms with Crippen molar-refractivity contribution in [1.29, 1.82) is 0 Å². The molecular weight excluding hydrogens is 300 g/mol. The average Bonchev–Trinajstić information content (AvgIpc) is 3.01. The zero-order valence-electron chi connectivity index (χ0n) is 12.5. The van der Waals surface area contributed by atoms with E-state index < -0.39 is 0 Å². The fourth-order valence-corrected chi connectivity index (χ4v) is 2.43. The lowest BCUT2D eigenvalue weighted by atomic mass is 9.99. The maximum absolute atomic E-state index is 12.2. The molecule has 1 heterocycles. The van der Waals surface area contributed by atoms with Gasteiger partial charge in [-0.1, -0.05) is 6.08 Å². The average molecular weight is 316 g/mol. The van der Waals surface area contributed by atoms with Crippen molar-refractivity contribution in [2.45, 2.75) is 12.5 Å². The summed E-state index contributed by atoms with van der Waals surface area (Å²) in [6.45, 7) is 0.0599. The first-order chi connectivity index (χ1) is 11.1. The van der Waals surface area contributed by atoms with Gasteiger partial charge in [-0.3, -0.25) is 4.79 Å². The Balaban J connectivity index is 1.79. The number of phenolic OH excluding ortho intramolecular Hbond substituents is 1. The highest BCUT2D eigenvalue weighted by Crippen LogP contribution is 2.41. The summed E-state index contributed by atoms with van der Waals surface area (Å²) in [5, 5.41) is 19.5. The standard InChI is InChI=1S/C17H16O6/c1-21-13-7-11(6-12(18)8-13)14(19)3-2-10-4-15(20)17-16(5-10)22-9-23-17/h2-7,13,18,20H,8-9H2,1H3/b3-2+. The lowest BCUT2D eigenvalue weighted by Gasteiger charge is -2.16. The van der Waals surface area contributed by atoms with Crippen LogP contribution in [0.2, 0.25) is 0 Å². The number of hydrogen-bond donors (Lipinski definition) is 2. The van der Waals surface area contributed by atoms with Crippen molar-refractivity contribution >= 4 is 11.9 Å².